The van der Waals surface area contributed by atoms with Crippen molar-refractivity contribution in [1.82, 2.24) is 5.32 Å². The van der Waals surface area contributed by atoms with Gasteiger partial charge in [0.25, 0.3) is 0 Å². The second-order valence-corrected chi connectivity index (χ2v) is 4.67. The van der Waals surface area contributed by atoms with Crippen molar-refractivity contribution in [3.05, 3.63) is 29.1 Å². The summed E-state index contributed by atoms with van der Waals surface area (Å²) in [5, 5.41) is 3.19. The Labute approximate surface area is 104 Å². The second-order valence-electron chi connectivity index (χ2n) is 4.67. The summed E-state index contributed by atoms with van der Waals surface area (Å²) in [7, 11) is 1.45. The SMILES string of the molecule is COc1cc(F)c2c(c1)C(=O)OC21CCNCC1. The molecule has 0 saturated carbocycles. The van der Waals surface area contributed by atoms with Gasteiger partial charge in [0.05, 0.1) is 12.7 Å². The number of methoxy groups -OCH3 is 1. The van der Waals surface area contributed by atoms with Gasteiger partial charge in [-0.3, -0.25) is 0 Å². The molecule has 2 aliphatic rings. The predicted octanol–water partition coefficient (Wildman–Crippen LogP) is 1.58. The van der Waals surface area contributed by atoms with E-state index in [9.17, 15) is 9.18 Å². The molecule has 1 saturated heterocycles. The molecule has 4 nitrogen and oxygen atoms in total. The van der Waals surface area contributed by atoms with E-state index in [0.29, 0.717) is 29.7 Å². The third-order valence-corrected chi connectivity index (χ3v) is 3.67. The largest absolute Gasteiger partial charge is 0.497 e. The van der Waals surface area contributed by atoms with Gasteiger partial charge in [0.1, 0.15) is 17.2 Å². The molecular weight excluding hydrogens is 237 g/mol. The van der Waals surface area contributed by atoms with Crippen molar-refractivity contribution in [1.29, 1.82) is 0 Å². The van der Waals surface area contributed by atoms with Gasteiger partial charge >= 0.3 is 5.97 Å². The maximum atomic E-state index is 14.2. The minimum Gasteiger partial charge on any atom is -0.497 e. The number of hydrogen-bond donors (Lipinski definition) is 1. The molecular formula is C13H14FNO3. The van der Waals surface area contributed by atoms with Crippen molar-refractivity contribution in [3.63, 3.8) is 0 Å². The van der Waals surface area contributed by atoms with Crippen molar-refractivity contribution >= 4 is 5.97 Å². The Hall–Kier alpha value is -1.62. The highest BCUT2D eigenvalue weighted by Gasteiger charge is 2.48. The number of ether oxygens (including phenoxy) is 2. The highest BCUT2D eigenvalue weighted by molar-refractivity contribution is 5.95. The van der Waals surface area contributed by atoms with Crippen LogP contribution in [0.15, 0.2) is 12.1 Å². The third kappa shape index (κ3) is 1.50. The smallest absolute Gasteiger partial charge is 0.339 e. The Morgan fingerprint density at radius 3 is 2.78 bits per heavy atom. The lowest BCUT2D eigenvalue weighted by Crippen LogP contribution is -2.40. The van der Waals surface area contributed by atoms with Crippen LogP contribution in [-0.2, 0) is 10.3 Å². The maximum Gasteiger partial charge on any atom is 0.339 e. The molecule has 0 bridgehead atoms. The summed E-state index contributed by atoms with van der Waals surface area (Å²) in [5.74, 6) is -0.531. The third-order valence-electron chi connectivity index (χ3n) is 3.67. The standard InChI is InChI=1S/C13H14FNO3/c1-17-8-6-9-11(10(14)7-8)13(18-12(9)16)2-4-15-5-3-13/h6-7,15H,2-5H2,1H3. The molecule has 0 unspecified atom stereocenters. The lowest BCUT2D eigenvalue weighted by molar-refractivity contribution is -0.0255. The summed E-state index contributed by atoms with van der Waals surface area (Å²) in [5.41, 5.74) is -0.0860. The first kappa shape index (κ1) is 11.5. The summed E-state index contributed by atoms with van der Waals surface area (Å²) in [4.78, 5) is 11.9. The Bertz CT molecular complexity index is 509. The van der Waals surface area contributed by atoms with Crippen molar-refractivity contribution in [3.8, 4) is 5.75 Å². The Morgan fingerprint density at radius 2 is 2.11 bits per heavy atom. The first-order valence-electron chi connectivity index (χ1n) is 5.98. The zero-order valence-corrected chi connectivity index (χ0v) is 10.1. The summed E-state index contributed by atoms with van der Waals surface area (Å²) < 4.78 is 24.7. The number of carbonyl (C=O) groups excluding carboxylic acids is 1. The highest BCUT2D eigenvalue weighted by Crippen LogP contribution is 2.45. The van der Waals surface area contributed by atoms with Crippen molar-refractivity contribution in [2.75, 3.05) is 20.2 Å². The first-order valence-corrected chi connectivity index (χ1v) is 5.98. The molecule has 1 aromatic rings. The average molecular weight is 251 g/mol. The van der Waals surface area contributed by atoms with E-state index in [1.165, 1.54) is 13.2 Å². The fraction of sp³-hybridized carbons (Fsp3) is 0.462. The molecule has 5 heteroatoms. The van der Waals surface area contributed by atoms with Gasteiger partial charge in [-0.15, -0.1) is 0 Å². The van der Waals surface area contributed by atoms with Gasteiger partial charge < -0.3 is 14.8 Å². The maximum absolute atomic E-state index is 14.2. The van der Waals surface area contributed by atoms with Gasteiger partial charge in [-0.2, -0.15) is 0 Å². The molecule has 1 spiro atoms. The molecule has 1 aromatic carbocycles. The molecule has 18 heavy (non-hydrogen) atoms. The molecule has 0 atom stereocenters. The van der Waals surface area contributed by atoms with E-state index < -0.39 is 17.4 Å². The fourth-order valence-corrected chi connectivity index (χ4v) is 2.79. The number of rotatable bonds is 1. The summed E-state index contributed by atoms with van der Waals surface area (Å²) in [6, 6.07) is 2.86. The summed E-state index contributed by atoms with van der Waals surface area (Å²) >= 11 is 0. The van der Waals surface area contributed by atoms with Crippen molar-refractivity contribution < 1.29 is 18.7 Å². The van der Waals surface area contributed by atoms with Crippen LogP contribution in [0.3, 0.4) is 0 Å². The van der Waals surface area contributed by atoms with Gasteiger partial charge in [0.15, 0.2) is 0 Å². The molecule has 0 aromatic heterocycles. The van der Waals surface area contributed by atoms with Crippen LogP contribution in [0.4, 0.5) is 4.39 Å². The molecule has 2 heterocycles. The van der Waals surface area contributed by atoms with Gasteiger partial charge in [0, 0.05) is 24.5 Å². The van der Waals surface area contributed by atoms with E-state index >= 15 is 0 Å². The van der Waals surface area contributed by atoms with Gasteiger partial charge in [0.2, 0.25) is 0 Å². The van der Waals surface area contributed by atoms with Crippen LogP contribution in [0.2, 0.25) is 0 Å². The predicted molar refractivity (Wildman–Crippen MR) is 62.1 cm³/mol. The van der Waals surface area contributed by atoms with Crippen LogP contribution in [0, 0.1) is 5.82 Å². The van der Waals surface area contributed by atoms with Crippen molar-refractivity contribution in [2.45, 2.75) is 18.4 Å². The van der Waals surface area contributed by atoms with Crippen LogP contribution < -0.4 is 10.1 Å². The highest BCUT2D eigenvalue weighted by atomic mass is 19.1. The molecule has 0 radical (unpaired) electrons. The first-order chi connectivity index (χ1) is 8.66. The zero-order chi connectivity index (χ0) is 12.8. The number of halogens is 1. The quantitative estimate of drug-likeness (QED) is 0.770. The van der Waals surface area contributed by atoms with E-state index in [1.54, 1.807) is 6.07 Å². The Morgan fingerprint density at radius 1 is 1.39 bits per heavy atom. The number of fused-ring (bicyclic) bond motifs is 2. The molecule has 2 aliphatic heterocycles. The van der Waals surface area contributed by atoms with Crippen LogP contribution in [0.5, 0.6) is 5.75 Å². The van der Waals surface area contributed by atoms with Gasteiger partial charge in [-0.25, -0.2) is 9.18 Å². The summed E-state index contributed by atoms with van der Waals surface area (Å²) in [6.45, 7) is 1.44. The van der Waals surface area contributed by atoms with E-state index in [2.05, 4.69) is 5.32 Å². The minimum absolute atomic E-state index is 0.300. The lowest BCUT2D eigenvalue weighted by atomic mass is 9.84. The summed E-state index contributed by atoms with van der Waals surface area (Å²) in [6.07, 6.45) is 1.21. The van der Waals surface area contributed by atoms with Crippen LogP contribution in [-0.4, -0.2) is 26.2 Å². The normalized spacial score (nSPS) is 20.7. The average Bonchev–Trinajstić information content (AvgIpc) is 2.63. The van der Waals surface area contributed by atoms with E-state index in [4.69, 9.17) is 9.47 Å². The van der Waals surface area contributed by atoms with Gasteiger partial charge in [-0.05, 0) is 19.2 Å². The number of nitrogens with one attached hydrogen (secondary N) is 1. The molecule has 3 rings (SSSR count). The molecule has 1 fully saturated rings. The number of hydrogen-bond acceptors (Lipinski definition) is 4. The molecule has 0 amide bonds. The molecule has 96 valence electrons. The fourth-order valence-electron chi connectivity index (χ4n) is 2.79. The lowest BCUT2D eigenvalue weighted by Gasteiger charge is -2.33. The zero-order valence-electron chi connectivity index (χ0n) is 10.1. The number of benzene rings is 1. The van der Waals surface area contributed by atoms with E-state index in [-0.39, 0.29) is 0 Å². The Balaban J connectivity index is 2.15. The molecule has 0 aliphatic carbocycles. The number of esters is 1. The monoisotopic (exact) mass is 251 g/mol. The van der Waals surface area contributed by atoms with Crippen LogP contribution in [0.25, 0.3) is 0 Å². The van der Waals surface area contributed by atoms with Crippen molar-refractivity contribution in [2.24, 2.45) is 0 Å². The van der Waals surface area contributed by atoms with E-state index in [0.717, 1.165) is 13.1 Å². The second kappa shape index (κ2) is 3.95. The minimum atomic E-state index is -0.784. The topological polar surface area (TPSA) is 47.6 Å². The van der Waals surface area contributed by atoms with E-state index in [1.807, 2.05) is 0 Å². The molecule has 1 N–H and O–H groups in total. The van der Waals surface area contributed by atoms with Crippen LogP contribution in [0.1, 0.15) is 28.8 Å². The Kier molecular flexibility index (Phi) is 2.52. The number of piperidine rings is 1. The van der Waals surface area contributed by atoms with Gasteiger partial charge in [-0.1, -0.05) is 0 Å². The number of carbonyl (C=O) groups is 1. The van der Waals surface area contributed by atoms with Crippen LogP contribution >= 0.6 is 0 Å².